The van der Waals surface area contributed by atoms with Crippen LogP contribution in [0.2, 0.25) is 0 Å². The fraction of sp³-hybridized carbons (Fsp3) is 0.333. The minimum Gasteiger partial charge on any atom is -0.387 e. The Morgan fingerprint density at radius 2 is 1.90 bits per heavy atom. The van der Waals surface area contributed by atoms with Crippen molar-refractivity contribution in [1.82, 2.24) is 9.88 Å². The number of hydrogen-bond donors (Lipinski definition) is 2. The van der Waals surface area contributed by atoms with Gasteiger partial charge in [0.25, 0.3) is 0 Å². The molecule has 2 heterocycles. The number of benzene rings is 2. The van der Waals surface area contributed by atoms with Gasteiger partial charge in [-0.1, -0.05) is 48.5 Å². The molecule has 6 heteroatoms. The number of hydrogen-bond acceptors (Lipinski definition) is 5. The molecule has 0 fully saturated rings. The maximum absolute atomic E-state index is 12.9. The molecule has 6 nitrogen and oxygen atoms in total. The molecule has 1 amide bonds. The smallest absolute Gasteiger partial charge is 0.238 e. The maximum Gasteiger partial charge on any atom is 0.238 e. The lowest BCUT2D eigenvalue weighted by molar-refractivity contribution is -0.117. The number of aromatic nitrogens is 1. The molecule has 1 aliphatic rings. The van der Waals surface area contributed by atoms with Crippen LogP contribution in [0.5, 0.6) is 0 Å². The summed E-state index contributed by atoms with van der Waals surface area (Å²) >= 11 is 0. The zero-order valence-corrected chi connectivity index (χ0v) is 17.7. The first-order chi connectivity index (χ1) is 14.5. The summed E-state index contributed by atoms with van der Waals surface area (Å²) in [6, 6.07) is 17.2. The summed E-state index contributed by atoms with van der Waals surface area (Å²) in [4.78, 5) is 21.7. The highest BCUT2D eigenvalue weighted by molar-refractivity contribution is 6.04. The van der Waals surface area contributed by atoms with Gasteiger partial charge >= 0.3 is 0 Å². The molecule has 2 aromatic carbocycles. The Labute approximate surface area is 177 Å². The van der Waals surface area contributed by atoms with Crippen LogP contribution in [-0.2, 0) is 11.2 Å². The van der Waals surface area contributed by atoms with Crippen LogP contribution in [0.3, 0.4) is 0 Å². The largest absolute Gasteiger partial charge is 0.387 e. The van der Waals surface area contributed by atoms with Gasteiger partial charge in [0.2, 0.25) is 5.91 Å². The lowest BCUT2D eigenvalue weighted by atomic mass is 10.0. The quantitative estimate of drug-likeness (QED) is 0.660. The van der Waals surface area contributed by atoms with Gasteiger partial charge in [-0.2, -0.15) is 0 Å². The molecule has 1 aliphatic heterocycles. The molecule has 0 bridgehead atoms. The maximum atomic E-state index is 12.9. The number of carbonyl (C=O) groups excluding carboxylic acids is 1. The fourth-order valence-corrected chi connectivity index (χ4v) is 4.04. The third-order valence-electron chi connectivity index (χ3n) is 5.98. The van der Waals surface area contributed by atoms with Gasteiger partial charge < -0.3 is 15.3 Å². The Morgan fingerprint density at radius 3 is 2.67 bits per heavy atom. The van der Waals surface area contributed by atoms with Gasteiger partial charge in [0, 0.05) is 30.6 Å². The number of pyridine rings is 1. The number of amides is 1. The van der Waals surface area contributed by atoms with Crippen LogP contribution in [0.4, 0.5) is 11.5 Å². The predicted molar refractivity (Wildman–Crippen MR) is 121 cm³/mol. The van der Waals surface area contributed by atoms with E-state index in [0.717, 1.165) is 46.5 Å². The number of para-hydroxylation sites is 1. The highest BCUT2D eigenvalue weighted by Crippen LogP contribution is 2.36. The lowest BCUT2D eigenvalue weighted by Gasteiger charge is -2.28. The summed E-state index contributed by atoms with van der Waals surface area (Å²) < 4.78 is 0. The minimum atomic E-state index is -0.663. The van der Waals surface area contributed by atoms with E-state index in [-0.39, 0.29) is 18.5 Å². The Balaban J connectivity index is 1.53. The van der Waals surface area contributed by atoms with Crippen LogP contribution in [-0.4, -0.2) is 54.1 Å². The van der Waals surface area contributed by atoms with Gasteiger partial charge in [-0.15, -0.1) is 0 Å². The van der Waals surface area contributed by atoms with Crippen LogP contribution in [0, 0.1) is 0 Å². The lowest BCUT2D eigenvalue weighted by Crippen LogP contribution is -2.39. The van der Waals surface area contributed by atoms with Crippen LogP contribution in [0.25, 0.3) is 10.9 Å². The highest BCUT2D eigenvalue weighted by atomic mass is 16.3. The molecule has 30 heavy (non-hydrogen) atoms. The third kappa shape index (κ3) is 3.88. The van der Waals surface area contributed by atoms with Gasteiger partial charge in [0.15, 0.2) is 0 Å². The zero-order chi connectivity index (χ0) is 21.3. The van der Waals surface area contributed by atoms with E-state index in [1.165, 1.54) is 0 Å². The molecular weight excluding hydrogens is 376 g/mol. The first-order valence-electron chi connectivity index (χ1n) is 10.3. The van der Waals surface area contributed by atoms with Crippen molar-refractivity contribution >= 4 is 28.3 Å². The van der Waals surface area contributed by atoms with E-state index in [0.29, 0.717) is 0 Å². The molecule has 1 aromatic heterocycles. The molecule has 156 valence electrons. The molecule has 0 aliphatic carbocycles. The summed E-state index contributed by atoms with van der Waals surface area (Å²) in [5, 5.41) is 14.8. The molecule has 3 aromatic rings. The number of nitrogens with one attached hydrogen (secondary N) is 1. The second kappa shape index (κ2) is 8.42. The van der Waals surface area contributed by atoms with Gasteiger partial charge in [0.1, 0.15) is 5.82 Å². The number of nitrogens with zero attached hydrogens (tertiary/aromatic N) is 3. The van der Waals surface area contributed by atoms with E-state index in [4.69, 9.17) is 4.98 Å². The number of likely N-dealkylation sites (N-methyl/N-ethyl adjacent to an activating group) is 2. The highest BCUT2D eigenvalue weighted by Gasteiger charge is 2.26. The predicted octanol–water partition coefficient (Wildman–Crippen LogP) is 3.22. The monoisotopic (exact) mass is 404 g/mol. The van der Waals surface area contributed by atoms with Crippen molar-refractivity contribution in [3.8, 4) is 0 Å². The molecule has 0 radical (unpaired) electrons. The minimum absolute atomic E-state index is 0.0993. The molecule has 0 saturated heterocycles. The molecule has 2 atom stereocenters. The van der Waals surface area contributed by atoms with E-state index in [1.54, 1.807) is 0 Å². The zero-order valence-electron chi connectivity index (χ0n) is 17.7. The van der Waals surface area contributed by atoms with Crippen molar-refractivity contribution in [3.63, 3.8) is 0 Å². The summed E-state index contributed by atoms with van der Waals surface area (Å²) in [5.74, 6) is 0.836. The number of fused-ring (bicyclic) bond motifs is 2. The van der Waals surface area contributed by atoms with E-state index in [1.807, 2.05) is 80.5 Å². The summed E-state index contributed by atoms with van der Waals surface area (Å²) in [6.45, 7) is 3.01. The average Bonchev–Trinajstić information content (AvgIpc) is 3.13. The van der Waals surface area contributed by atoms with Gasteiger partial charge in [0.05, 0.1) is 23.9 Å². The van der Waals surface area contributed by atoms with E-state index >= 15 is 0 Å². The average molecular weight is 405 g/mol. The third-order valence-corrected chi connectivity index (χ3v) is 5.98. The van der Waals surface area contributed by atoms with Gasteiger partial charge in [-0.25, -0.2) is 4.98 Å². The van der Waals surface area contributed by atoms with Crippen LogP contribution < -0.4 is 10.2 Å². The van der Waals surface area contributed by atoms with Crippen molar-refractivity contribution in [2.24, 2.45) is 0 Å². The molecular formula is C24H28N4O2. The van der Waals surface area contributed by atoms with Crippen molar-refractivity contribution in [2.75, 3.05) is 37.4 Å². The van der Waals surface area contributed by atoms with Gasteiger partial charge in [-0.05, 0) is 32.0 Å². The summed E-state index contributed by atoms with van der Waals surface area (Å²) in [6.07, 6.45) is 0.196. The second-order valence-corrected chi connectivity index (χ2v) is 8.04. The first-order valence-corrected chi connectivity index (χ1v) is 10.3. The Morgan fingerprint density at radius 1 is 1.20 bits per heavy atom. The number of anilines is 2. The number of carbonyl (C=O) groups is 1. The molecule has 0 unspecified atom stereocenters. The fourth-order valence-electron chi connectivity index (χ4n) is 4.04. The Bertz CT molecular complexity index is 1050. The van der Waals surface area contributed by atoms with Crippen LogP contribution >= 0.6 is 0 Å². The topological polar surface area (TPSA) is 68.7 Å². The summed E-state index contributed by atoms with van der Waals surface area (Å²) in [7, 11) is 3.89. The molecule has 2 N–H and O–H groups in total. The van der Waals surface area contributed by atoms with Crippen molar-refractivity contribution in [2.45, 2.75) is 25.5 Å². The van der Waals surface area contributed by atoms with E-state index < -0.39 is 6.10 Å². The Kier molecular flexibility index (Phi) is 5.70. The number of aliphatic hydroxyl groups excluding tert-OH is 1. The molecule has 0 spiro atoms. The SMILES string of the molecule is C[C@@H]([C@H](O)c1ccccc1)N(C)CC(=O)Nc1c2c(nc3ccccc13)N(C)CC2. The Hall–Kier alpha value is -2.96. The van der Waals surface area contributed by atoms with Crippen LogP contribution in [0.1, 0.15) is 24.2 Å². The molecule has 0 saturated carbocycles. The van der Waals surface area contributed by atoms with Gasteiger partial charge in [-0.3, -0.25) is 9.69 Å². The van der Waals surface area contributed by atoms with E-state index in [9.17, 15) is 9.90 Å². The number of rotatable bonds is 6. The van der Waals surface area contributed by atoms with Crippen molar-refractivity contribution in [3.05, 3.63) is 65.7 Å². The normalized spacial score (nSPS) is 15.3. The summed E-state index contributed by atoms with van der Waals surface area (Å²) in [5.41, 5.74) is 3.67. The molecule has 4 rings (SSSR count). The van der Waals surface area contributed by atoms with Crippen molar-refractivity contribution in [1.29, 1.82) is 0 Å². The standard InChI is InChI=1S/C24H28N4O2/c1-16(23(30)17-9-5-4-6-10-17)28(3)15-21(29)26-22-18-11-7-8-12-20(18)25-24-19(22)13-14-27(24)2/h4-12,16,23,30H,13-15H2,1-3H3,(H,25,26,29)/t16-,23-/m0/s1. The van der Waals surface area contributed by atoms with Crippen LogP contribution in [0.15, 0.2) is 54.6 Å². The second-order valence-electron chi connectivity index (χ2n) is 8.04. The number of aliphatic hydroxyl groups is 1. The van der Waals surface area contributed by atoms with Crippen molar-refractivity contribution < 1.29 is 9.90 Å². The first kappa shape index (κ1) is 20.3. The van der Waals surface area contributed by atoms with E-state index in [2.05, 4.69) is 10.2 Å².